The number of carboxylic acids is 1. The van der Waals surface area contributed by atoms with Gasteiger partial charge in [0.05, 0.1) is 12.1 Å². The molecule has 0 atom stereocenters. The van der Waals surface area contributed by atoms with Gasteiger partial charge in [-0.3, -0.25) is 4.79 Å². The van der Waals surface area contributed by atoms with Crippen LogP contribution in [0.25, 0.3) is 11.3 Å². The van der Waals surface area contributed by atoms with Crippen LogP contribution in [0.2, 0.25) is 0 Å². The number of imidazole rings is 1. The molecular weight excluding hydrogens is 247 g/mol. The maximum Gasteiger partial charge on any atom is 0.303 e. The fourth-order valence-corrected chi connectivity index (χ4v) is 1.96. The number of rotatable bonds is 4. The van der Waals surface area contributed by atoms with Gasteiger partial charge in [-0.2, -0.15) is 0 Å². The number of halogens is 1. The van der Waals surface area contributed by atoms with Crippen molar-refractivity contribution in [3.05, 3.63) is 41.6 Å². The van der Waals surface area contributed by atoms with Gasteiger partial charge in [0, 0.05) is 24.7 Å². The number of carboxylic acid groups (broad SMARTS) is 1. The summed E-state index contributed by atoms with van der Waals surface area (Å²) in [6.45, 7) is 1.91. The number of benzene rings is 1. The molecule has 0 radical (unpaired) electrons. The van der Waals surface area contributed by atoms with Crippen molar-refractivity contribution in [2.24, 2.45) is 7.05 Å². The summed E-state index contributed by atoms with van der Waals surface area (Å²) in [5.41, 5.74) is 2.53. The first-order chi connectivity index (χ1) is 8.99. The molecule has 1 heterocycles. The molecule has 4 nitrogen and oxygen atoms in total. The molecule has 0 saturated carbocycles. The van der Waals surface area contributed by atoms with Gasteiger partial charge >= 0.3 is 5.97 Å². The van der Waals surface area contributed by atoms with Crippen LogP contribution in [0.5, 0.6) is 0 Å². The number of hydrogen-bond acceptors (Lipinski definition) is 2. The number of aliphatic carboxylic acids is 1. The third kappa shape index (κ3) is 2.81. The molecule has 5 heteroatoms. The van der Waals surface area contributed by atoms with Gasteiger partial charge in [0.1, 0.15) is 11.6 Å². The number of aromatic nitrogens is 2. The molecule has 0 unspecified atom stereocenters. The Morgan fingerprint density at radius 2 is 2.00 bits per heavy atom. The van der Waals surface area contributed by atoms with Gasteiger partial charge in [-0.25, -0.2) is 9.37 Å². The zero-order valence-electron chi connectivity index (χ0n) is 10.9. The number of aryl methyl sites for hydroxylation is 1. The summed E-state index contributed by atoms with van der Waals surface area (Å²) in [5, 5.41) is 8.71. The molecule has 19 heavy (non-hydrogen) atoms. The van der Waals surface area contributed by atoms with Crippen molar-refractivity contribution < 1.29 is 14.3 Å². The van der Waals surface area contributed by atoms with E-state index in [-0.39, 0.29) is 12.2 Å². The van der Waals surface area contributed by atoms with Crippen LogP contribution in [0.15, 0.2) is 24.3 Å². The first-order valence-corrected chi connectivity index (χ1v) is 5.99. The molecule has 0 aliphatic heterocycles. The Morgan fingerprint density at radius 1 is 1.37 bits per heavy atom. The van der Waals surface area contributed by atoms with E-state index in [1.54, 1.807) is 12.1 Å². The topological polar surface area (TPSA) is 55.1 Å². The minimum Gasteiger partial charge on any atom is -0.481 e. The fraction of sp³-hybridized carbons (Fsp3) is 0.286. The fourth-order valence-electron chi connectivity index (χ4n) is 1.96. The van der Waals surface area contributed by atoms with Gasteiger partial charge in [-0.05, 0) is 31.2 Å². The van der Waals surface area contributed by atoms with Gasteiger partial charge in [-0.1, -0.05) is 0 Å². The lowest BCUT2D eigenvalue weighted by Gasteiger charge is -2.01. The van der Waals surface area contributed by atoms with E-state index in [4.69, 9.17) is 5.11 Å². The highest BCUT2D eigenvalue weighted by Gasteiger charge is 2.13. The third-order valence-corrected chi connectivity index (χ3v) is 3.15. The lowest BCUT2D eigenvalue weighted by molar-refractivity contribution is -0.137. The number of nitrogens with zero attached hydrogens (tertiary/aromatic N) is 2. The quantitative estimate of drug-likeness (QED) is 0.921. The number of carbonyl (C=O) groups is 1. The van der Waals surface area contributed by atoms with E-state index in [0.29, 0.717) is 6.42 Å². The second kappa shape index (κ2) is 5.22. The second-order valence-corrected chi connectivity index (χ2v) is 4.42. The third-order valence-electron chi connectivity index (χ3n) is 3.15. The van der Waals surface area contributed by atoms with Crippen molar-refractivity contribution >= 4 is 5.97 Å². The van der Waals surface area contributed by atoms with Crippen LogP contribution >= 0.6 is 0 Å². The van der Waals surface area contributed by atoms with Crippen LogP contribution in [-0.2, 0) is 18.3 Å². The van der Waals surface area contributed by atoms with Crippen molar-refractivity contribution in [2.75, 3.05) is 0 Å². The van der Waals surface area contributed by atoms with E-state index in [9.17, 15) is 9.18 Å². The normalized spacial score (nSPS) is 10.7. The molecule has 0 aliphatic rings. The van der Waals surface area contributed by atoms with E-state index in [2.05, 4.69) is 4.98 Å². The maximum absolute atomic E-state index is 12.9. The summed E-state index contributed by atoms with van der Waals surface area (Å²) < 4.78 is 14.8. The van der Waals surface area contributed by atoms with Crippen molar-refractivity contribution in [1.82, 2.24) is 9.55 Å². The van der Waals surface area contributed by atoms with Crippen molar-refractivity contribution in [3.63, 3.8) is 0 Å². The van der Waals surface area contributed by atoms with Crippen LogP contribution in [0, 0.1) is 12.7 Å². The predicted octanol–water partition coefficient (Wildman–Crippen LogP) is 2.55. The van der Waals surface area contributed by atoms with Gasteiger partial charge < -0.3 is 9.67 Å². The Kier molecular flexibility index (Phi) is 3.64. The second-order valence-electron chi connectivity index (χ2n) is 4.42. The Hall–Kier alpha value is -2.17. The average molecular weight is 262 g/mol. The summed E-state index contributed by atoms with van der Waals surface area (Å²) in [4.78, 5) is 15.1. The summed E-state index contributed by atoms with van der Waals surface area (Å²) in [7, 11) is 1.85. The van der Waals surface area contributed by atoms with Crippen molar-refractivity contribution in [2.45, 2.75) is 19.8 Å². The van der Waals surface area contributed by atoms with E-state index in [1.165, 1.54) is 12.1 Å². The van der Waals surface area contributed by atoms with Crippen molar-refractivity contribution in [3.8, 4) is 11.3 Å². The molecule has 0 bridgehead atoms. The highest BCUT2D eigenvalue weighted by Crippen LogP contribution is 2.23. The standard InChI is InChI=1S/C14H15FN2O2/c1-9-14(10-3-5-11(15)6-4-10)16-12(17(9)2)7-8-13(18)19/h3-6H,7-8H2,1-2H3,(H,18,19). The van der Waals surface area contributed by atoms with E-state index in [0.717, 1.165) is 22.8 Å². The molecule has 2 aromatic rings. The van der Waals surface area contributed by atoms with Crippen LogP contribution in [0.3, 0.4) is 0 Å². The first-order valence-electron chi connectivity index (χ1n) is 5.99. The van der Waals surface area contributed by atoms with Crippen LogP contribution < -0.4 is 0 Å². The Bertz CT molecular complexity index is 603. The molecule has 2 rings (SSSR count). The van der Waals surface area contributed by atoms with Gasteiger partial charge in [0.15, 0.2) is 0 Å². The maximum atomic E-state index is 12.9. The van der Waals surface area contributed by atoms with Crippen LogP contribution in [0.4, 0.5) is 4.39 Å². The summed E-state index contributed by atoms with van der Waals surface area (Å²) >= 11 is 0. The number of hydrogen-bond donors (Lipinski definition) is 1. The molecule has 1 aromatic carbocycles. The lowest BCUT2D eigenvalue weighted by atomic mass is 10.1. The lowest BCUT2D eigenvalue weighted by Crippen LogP contribution is -2.03. The minimum atomic E-state index is -0.844. The van der Waals surface area contributed by atoms with Gasteiger partial charge in [0.2, 0.25) is 0 Å². The summed E-state index contributed by atoms with van der Waals surface area (Å²) in [6.07, 6.45) is 0.432. The monoisotopic (exact) mass is 262 g/mol. The van der Waals surface area contributed by atoms with Gasteiger partial charge in [0.25, 0.3) is 0 Å². The van der Waals surface area contributed by atoms with E-state index >= 15 is 0 Å². The molecule has 100 valence electrons. The van der Waals surface area contributed by atoms with E-state index < -0.39 is 5.97 Å². The Labute approximate surface area is 110 Å². The first kappa shape index (κ1) is 13.3. The zero-order valence-corrected chi connectivity index (χ0v) is 10.9. The minimum absolute atomic E-state index is 0.0488. The highest BCUT2D eigenvalue weighted by molar-refractivity contribution is 5.67. The summed E-state index contributed by atoms with van der Waals surface area (Å²) in [5.74, 6) is -0.411. The smallest absolute Gasteiger partial charge is 0.303 e. The highest BCUT2D eigenvalue weighted by atomic mass is 19.1. The molecule has 0 aliphatic carbocycles. The molecule has 0 amide bonds. The summed E-state index contributed by atoms with van der Waals surface area (Å²) in [6, 6.07) is 6.12. The molecular formula is C14H15FN2O2. The molecule has 0 fully saturated rings. The largest absolute Gasteiger partial charge is 0.481 e. The van der Waals surface area contributed by atoms with Crippen LogP contribution in [0.1, 0.15) is 17.9 Å². The van der Waals surface area contributed by atoms with Crippen LogP contribution in [-0.4, -0.2) is 20.6 Å². The molecule has 1 N–H and O–H groups in total. The molecule has 0 saturated heterocycles. The molecule has 0 spiro atoms. The zero-order chi connectivity index (χ0) is 14.0. The van der Waals surface area contributed by atoms with E-state index in [1.807, 2.05) is 18.5 Å². The van der Waals surface area contributed by atoms with Crippen molar-refractivity contribution in [1.29, 1.82) is 0 Å². The Morgan fingerprint density at radius 3 is 2.58 bits per heavy atom. The van der Waals surface area contributed by atoms with Gasteiger partial charge in [-0.15, -0.1) is 0 Å². The Balaban J connectivity index is 2.34. The molecule has 1 aromatic heterocycles. The average Bonchev–Trinajstić information content (AvgIpc) is 2.65. The SMILES string of the molecule is Cc1c(-c2ccc(F)cc2)nc(CCC(=O)O)n1C. The predicted molar refractivity (Wildman–Crippen MR) is 69.3 cm³/mol.